The first-order valence-electron chi connectivity index (χ1n) is 9.06. The quantitative estimate of drug-likeness (QED) is 0.275. The van der Waals surface area contributed by atoms with Crippen LogP contribution in [0, 0.1) is 5.92 Å². The molecule has 0 heterocycles. The molecule has 0 unspecified atom stereocenters. The highest BCUT2D eigenvalue weighted by molar-refractivity contribution is 5.40. The van der Waals surface area contributed by atoms with Crippen molar-refractivity contribution in [1.29, 1.82) is 0 Å². The minimum Gasteiger partial charge on any atom is -0.194 e. The number of rotatable bonds is 8. The van der Waals surface area contributed by atoms with Crippen LogP contribution in [-0.4, -0.2) is 36.0 Å². The molecule has 1 aromatic rings. The summed E-state index contributed by atoms with van der Waals surface area (Å²) in [5.41, 5.74) is -7.17. The maximum absolute atomic E-state index is 14.5. The maximum Gasteiger partial charge on any atom is 0.460 e. The maximum atomic E-state index is 14.5. The van der Waals surface area contributed by atoms with Crippen LogP contribution < -0.4 is 0 Å². The summed E-state index contributed by atoms with van der Waals surface area (Å²) in [6.07, 6.45) is -15.7. The normalized spacial score (nSPS) is 15.6. The van der Waals surface area contributed by atoms with Gasteiger partial charge in [-0.2, -0.15) is 79.0 Å². The van der Waals surface area contributed by atoms with Gasteiger partial charge in [0.2, 0.25) is 0 Å². The second-order valence-electron chi connectivity index (χ2n) is 7.91. The number of hydrogen-bond donors (Lipinski definition) is 0. The van der Waals surface area contributed by atoms with Crippen LogP contribution in [0.4, 0.5) is 79.0 Å². The summed E-state index contributed by atoms with van der Waals surface area (Å²) >= 11 is 0. The largest absolute Gasteiger partial charge is 0.460 e. The molecule has 0 nitrogen and oxygen atoms in total. The van der Waals surface area contributed by atoms with Gasteiger partial charge in [0.15, 0.2) is 0 Å². The molecule has 210 valence electrons. The lowest BCUT2D eigenvalue weighted by molar-refractivity contribution is -0.400. The highest BCUT2D eigenvalue weighted by Gasteiger charge is 2.83. The number of hydrogen-bond acceptors (Lipinski definition) is 0. The SMILES string of the molecule is CC(C)Cc1ccc(C(F)(F)C(F)(F)C(F)(F)C(F)(F)F)cc1C(F)(F)C(F)(F)C(F)(F)C(F)(F)F. The molecular formula is C18H12F18. The van der Waals surface area contributed by atoms with Gasteiger partial charge >= 0.3 is 47.9 Å². The van der Waals surface area contributed by atoms with Crippen molar-refractivity contribution in [3.05, 3.63) is 34.9 Å². The molecule has 0 saturated carbocycles. The summed E-state index contributed by atoms with van der Waals surface area (Å²) in [4.78, 5) is 0. The van der Waals surface area contributed by atoms with Crippen LogP contribution in [-0.2, 0) is 18.3 Å². The van der Waals surface area contributed by atoms with E-state index < -0.39 is 89.0 Å². The van der Waals surface area contributed by atoms with E-state index in [9.17, 15) is 79.0 Å². The first-order valence-corrected chi connectivity index (χ1v) is 9.06. The summed E-state index contributed by atoms with van der Waals surface area (Å²) < 4.78 is 239. The Morgan fingerprint density at radius 2 is 0.889 bits per heavy atom. The van der Waals surface area contributed by atoms with E-state index in [2.05, 4.69) is 0 Å². The standard InChI is InChI=1S/C18H12F18/c1-7(2)5-8-3-4-9(11(19,20)13(23,24)15(27,28)17(31,32)33)6-10(8)12(21,22)14(25,26)16(29,30)18(34,35)36/h3-4,6-7H,5H2,1-2H3. The highest BCUT2D eigenvalue weighted by atomic mass is 19.4. The molecule has 0 radical (unpaired) electrons. The zero-order valence-electron chi connectivity index (χ0n) is 17.3. The van der Waals surface area contributed by atoms with E-state index in [4.69, 9.17) is 0 Å². The van der Waals surface area contributed by atoms with E-state index in [0.29, 0.717) is 0 Å². The van der Waals surface area contributed by atoms with Crippen LogP contribution >= 0.6 is 0 Å². The van der Waals surface area contributed by atoms with Gasteiger partial charge in [-0.3, -0.25) is 0 Å². The zero-order chi connectivity index (χ0) is 29.1. The van der Waals surface area contributed by atoms with E-state index in [1.54, 1.807) is 0 Å². The van der Waals surface area contributed by atoms with Gasteiger partial charge in [0.1, 0.15) is 0 Å². The molecule has 0 N–H and O–H groups in total. The smallest absolute Gasteiger partial charge is 0.194 e. The van der Waals surface area contributed by atoms with E-state index in [1.807, 2.05) is 0 Å². The van der Waals surface area contributed by atoms with Gasteiger partial charge in [-0.25, -0.2) is 0 Å². The topological polar surface area (TPSA) is 0 Å². The Kier molecular flexibility index (Phi) is 7.79. The fraction of sp³-hybridized carbons (Fsp3) is 0.667. The highest BCUT2D eigenvalue weighted by Crippen LogP contribution is 2.59. The first-order chi connectivity index (χ1) is 15.5. The molecule has 0 atom stereocenters. The molecule has 36 heavy (non-hydrogen) atoms. The Bertz CT molecular complexity index is 934. The number of halogens is 18. The van der Waals surface area contributed by atoms with Crippen molar-refractivity contribution in [1.82, 2.24) is 0 Å². The molecule has 0 aliphatic heterocycles. The molecular weight excluding hydrogens is 558 g/mol. The van der Waals surface area contributed by atoms with Crippen molar-refractivity contribution >= 4 is 0 Å². The van der Waals surface area contributed by atoms with Gasteiger partial charge in [0.05, 0.1) is 0 Å². The summed E-state index contributed by atoms with van der Waals surface area (Å²) in [7, 11) is 0. The van der Waals surface area contributed by atoms with Crippen molar-refractivity contribution in [2.24, 2.45) is 5.92 Å². The van der Waals surface area contributed by atoms with Crippen LogP contribution in [0.5, 0.6) is 0 Å². The average Bonchev–Trinajstić information content (AvgIpc) is 2.65. The van der Waals surface area contributed by atoms with Crippen molar-refractivity contribution in [2.75, 3.05) is 0 Å². The molecule has 0 bridgehead atoms. The third-order valence-electron chi connectivity index (χ3n) is 4.73. The minimum atomic E-state index is -7.55. The molecule has 0 aliphatic carbocycles. The predicted octanol–water partition coefficient (Wildman–Crippen LogP) is 8.73. The number of benzene rings is 1. The van der Waals surface area contributed by atoms with Crippen LogP contribution in [0.25, 0.3) is 0 Å². The fourth-order valence-corrected chi connectivity index (χ4v) is 2.78. The van der Waals surface area contributed by atoms with Gasteiger partial charge < -0.3 is 0 Å². The lowest BCUT2D eigenvalue weighted by Crippen LogP contribution is -2.60. The number of alkyl halides is 18. The van der Waals surface area contributed by atoms with E-state index in [1.165, 1.54) is 0 Å². The van der Waals surface area contributed by atoms with Gasteiger partial charge in [-0.05, 0) is 24.0 Å². The van der Waals surface area contributed by atoms with E-state index >= 15 is 0 Å². The fourth-order valence-electron chi connectivity index (χ4n) is 2.78. The average molecular weight is 570 g/mol. The third kappa shape index (κ3) is 4.67. The molecule has 0 aliphatic rings. The van der Waals surface area contributed by atoms with Crippen molar-refractivity contribution in [2.45, 2.75) is 68.2 Å². The summed E-state index contributed by atoms with van der Waals surface area (Å²) in [6, 6.07) is -1.90. The Balaban J connectivity index is 3.97. The minimum absolute atomic E-state index is 0.198. The van der Waals surface area contributed by atoms with Gasteiger partial charge in [0, 0.05) is 11.1 Å². The molecule has 0 fully saturated rings. The third-order valence-corrected chi connectivity index (χ3v) is 4.73. The summed E-state index contributed by atoms with van der Waals surface area (Å²) in [5.74, 6) is -44.6. The molecule has 1 aromatic carbocycles. The Hall–Kier alpha value is -2.04. The van der Waals surface area contributed by atoms with E-state index in [0.717, 1.165) is 13.8 Å². The Morgan fingerprint density at radius 3 is 1.22 bits per heavy atom. The van der Waals surface area contributed by atoms with Crippen LogP contribution in [0.1, 0.15) is 30.5 Å². The Labute approximate surface area is 189 Å². The van der Waals surface area contributed by atoms with Crippen LogP contribution in [0.2, 0.25) is 0 Å². The molecule has 1 rings (SSSR count). The van der Waals surface area contributed by atoms with Crippen molar-refractivity contribution < 1.29 is 79.0 Å². The predicted molar refractivity (Wildman–Crippen MR) is 84.7 cm³/mol. The van der Waals surface area contributed by atoms with Crippen LogP contribution in [0.3, 0.4) is 0 Å². The molecule has 0 saturated heterocycles. The molecule has 18 heteroatoms. The molecule has 0 amide bonds. The van der Waals surface area contributed by atoms with Crippen molar-refractivity contribution in [3.8, 4) is 0 Å². The Morgan fingerprint density at radius 1 is 0.528 bits per heavy atom. The van der Waals surface area contributed by atoms with Crippen molar-refractivity contribution in [3.63, 3.8) is 0 Å². The van der Waals surface area contributed by atoms with E-state index in [-0.39, 0.29) is 6.07 Å². The van der Waals surface area contributed by atoms with Gasteiger partial charge in [-0.1, -0.05) is 26.0 Å². The second-order valence-corrected chi connectivity index (χ2v) is 7.91. The van der Waals surface area contributed by atoms with Gasteiger partial charge in [-0.15, -0.1) is 0 Å². The van der Waals surface area contributed by atoms with Crippen LogP contribution in [0.15, 0.2) is 18.2 Å². The second kappa shape index (κ2) is 8.77. The lowest BCUT2D eigenvalue weighted by atomic mass is 9.86. The monoisotopic (exact) mass is 570 g/mol. The summed E-state index contributed by atoms with van der Waals surface area (Å²) in [6.45, 7) is 2.20. The first kappa shape index (κ1) is 32.0. The zero-order valence-corrected chi connectivity index (χ0v) is 17.3. The molecule has 0 spiro atoms. The lowest BCUT2D eigenvalue weighted by Gasteiger charge is -2.36. The molecule has 0 aromatic heterocycles. The summed E-state index contributed by atoms with van der Waals surface area (Å²) in [5, 5.41) is 0. The van der Waals surface area contributed by atoms with Gasteiger partial charge in [0.25, 0.3) is 0 Å².